The number of esters is 1. The van der Waals surface area contributed by atoms with E-state index < -0.39 is 34.5 Å². The van der Waals surface area contributed by atoms with Crippen LogP contribution in [-0.4, -0.2) is 5.97 Å². The highest BCUT2D eigenvalue weighted by Gasteiger charge is 2.39. The van der Waals surface area contributed by atoms with E-state index in [-0.39, 0.29) is 27.3 Å². The molecule has 0 aliphatic carbocycles. The molecule has 0 spiro atoms. The number of carbonyl (C=O) groups is 1. The molecule has 0 amide bonds. The molecule has 0 aliphatic rings. The number of fused-ring (bicyclic) bond motifs is 1. The molecule has 0 bridgehead atoms. The van der Waals surface area contributed by atoms with Crippen LogP contribution in [0.4, 0.5) is 13.2 Å². The third kappa shape index (κ3) is 4.95. The van der Waals surface area contributed by atoms with E-state index in [0.717, 1.165) is 6.07 Å². The number of hydrogen-bond donors (Lipinski definition) is 0. The molecule has 0 fully saturated rings. The predicted molar refractivity (Wildman–Crippen MR) is 124 cm³/mol. The van der Waals surface area contributed by atoms with Crippen molar-refractivity contribution in [1.82, 2.24) is 0 Å². The van der Waals surface area contributed by atoms with Crippen LogP contribution in [0.3, 0.4) is 0 Å². The molecule has 3 aromatic carbocycles. The molecular formula is C26H13ClF3NO4. The zero-order chi connectivity index (χ0) is 25.2. The van der Waals surface area contributed by atoms with Crippen LogP contribution in [-0.2, 0) is 11.0 Å². The van der Waals surface area contributed by atoms with Gasteiger partial charge >= 0.3 is 12.1 Å². The molecule has 5 nitrogen and oxygen atoms in total. The molecule has 9 heteroatoms. The quantitative estimate of drug-likeness (QED) is 0.137. The van der Waals surface area contributed by atoms with Crippen LogP contribution in [0.1, 0.15) is 11.3 Å². The molecule has 0 saturated heterocycles. The van der Waals surface area contributed by atoms with Crippen molar-refractivity contribution in [3.8, 4) is 22.9 Å². The van der Waals surface area contributed by atoms with E-state index in [1.54, 1.807) is 36.4 Å². The summed E-state index contributed by atoms with van der Waals surface area (Å²) in [7, 11) is 0. The average Bonchev–Trinajstić information content (AvgIpc) is 2.83. The standard InChI is InChI=1S/C26H13ClF3NO4/c27-20-9-5-4-8-18(20)22-23(32)19-11-10-17(13-21(19)35-24(22)26(28,29)30)34-25(33)16(14-31)12-15-6-2-1-3-7-15/h1-13H/b16-12+. The number of nitrogens with zero attached hydrogens (tertiary/aromatic N) is 1. The highest BCUT2D eigenvalue weighted by molar-refractivity contribution is 6.33. The zero-order valence-corrected chi connectivity index (χ0v) is 18.4. The lowest BCUT2D eigenvalue weighted by Crippen LogP contribution is -2.16. The Morgan fingerprint density at radius 2 is 1.71 bits per heavy atom. The molecule has 1 heterocycles. The van der Waals surface area contributed by atoms with Gasteiger partial charge in [-0.15, -0.1) is 0 Å². The summed E-state index contributed by atoms with van der Waals surface area (Å²) in [5.41, 5.74) is -2.01. The van der Waals surface area contributed by atoms with E-state index in [2.05, 4.69) is 0 Å². The summed E-state index contributed by atoms with van der Waals surface area (Å²) < 4.78 is 51.8. The van der Waals surface area contributed by atoms with E-state index in [9.17, 15) is 28.0 Å². The minimum Gasteiger partial charge on any atom is -0.450 e. The van der Waals surface area contributed by atoms with Gasteiger partial charge in [-0.1, -0.05) is 60.1 Å². The van der Waals surface area contributed by atoms with Crippen molar-refractivity contribution in [3.05, 3.63) is 105 Å². The van der Waals surface area contributed by atoms with Crippen molar-refractivity contribution in [2.24, 2.45) is 0 Å². The van der Waals surface area contributed by atoms with Crippen LogP contribution >= 0.6 is 11.6 Å². The number of benzene rings is 3. The largest absolute Gasteiger partial charge is 0.450 e. The number of ether oxygens (including phenoxy) is 1. The van der Waals surface area contributed by atoms with E-state index in [1.807, 2.05) is 0 Å². The Morgan fingerprint density at radius 1 is 1.03 bits per heavy atom. The van der Waals surface area contributed by atoms with Gasteiger partial charge in [0.05, 0.1) is 10.9 Å². The van der Waals surface area contributed by atoms with Crippen molar-refractivity contribution < 1.29 is 27.1 Å². The highest BCUT2D eigenvalue weighted by Crippen LogP contribution is 2.39. The smallest absolute Gasteiger partial charge is 0.450 e. The van der Waals surface area contributed by atoms with Crippen molar-refractivity contribution in [2.45, 2.75) is 6.18 Å². The van der Waals surface area contributed by atoms with E-state index in [1.165, 1.54) is 42.5 Å². The Morgan fingerprint density at radius 3 is 2.37 bits per heavy atom. The first-order chi connectivity index (χ1) is 16.7. The highest BCUT2D eigenvalue weighted by atomic mass is 35.5. The monoisotopic (exact) mass is 495 g/mol. The second-order valence-electron chi connectivity index (χ2n) is 7.24. The second kappa shape index (κ2) is 9.49. The van der Waals surface area contributed by atoms with Gasteiger partial charge in [0.15, 0.2) is 0 Å². The van der Waals surface area contributed by atoms with Crippen LogP contribution in [0.2, 0.25) is 5.02 Å². The van der Waals surface area contributed by atoms with Crippen LogP contribution < -0.4 is 10.2 Å². The summed E-state index contributed by atoms with van der Waals surface area (Å²) in [6.45, 7) is 0. The minimum atomic E-state index is -5.01. The van der Waals surface area contributed by atoms with Gasteiger partial charge in [-0.3, -0.25) is 4.79 Å². The Bertz CT molecular complexity index is 1570. The second-order valence-corrected chi connectivity index (χ2v) is 7.65. The van der Waals surface area contributed by atoms with Crippen molar-refractivity contribution in [1.29, 1.82) is 5.26 Å². The predicted octanol–water partition coefficient (Wildman–Crippen LogP) is 6.64. The molecule has 0 radical (unpaired) electrons. The lowest BCUT2D eigenvalue weighted by atomic mass is 10.0. The third-order valence-corrected chi connectivity index (χ3v) is 5.26. The average molecular weight is 496 g/mol. The summed E-state index contributed by atoms with van der Waals surface area (Å²) in [6, 6.07) is 19.3. The molecule has 4 aromatic rings. The molecule has 174 valence electrons. The van der Waals surface area contributed by atoms with Crippen LogP contribution in [0.15, 0.2) is 87.6 Å². The maximum absolute atomic E-state index is 13.8. The first kappa shape index (κ1) is 23.8. The normalized spacial score (nSPS) is 11.8. The Balaban J connectivity index is 1.78. The van der Waals surface area contributed by atoms with Gasteiger partial charge < -0.3 is 9.15 Å². The molecule has 0 saturated carbocycles. The first-order valence-electron chi connectivity index (χ1n) is 10.0. The summed E-state index contributed by atoms with van der Waals surface area (Å²) in [6.07, 6.45) is -3.71. The van der Waals surface area contributed by atoms with Gasteiger partial charge in [-0.05, 0) is 29.8 Å². The number of rotatable bonds is 4. The fourth-order valence-corrected chi connectivity index (χ4v) is 3.59. The number of halogens is 4. The maximum Gasteiger partial charge on any atom is 0.450 e. The molecule has 0 unspecified atom stereocenters. The molecular weight excluding hydrogens is 483 g/mol. The summed E-state index contributed by atoms with van der Waals surface area (Å²) in [4.78, 5) is 25.5. The SMILES string of the molecule is N#C/C(=C\c1ccccc1)C(=O)Oc1ccc2c(=O)c(-c3ccccc3Cl)c(C(F)(F)F)oc2c1. The zero-order valence-electron chi connectivity index (χ0n) is 17.6. The van der Waals surface area contributed by atoms with Gasteiger partial charge in [0.25, 0.3) is 0 Å². The van der Waals surface area contributed by atoms with Crippen LogP contribution in [0.5, 0.6) is 5.75 Å². The van der Waals surface area contributed by atoms with Crippen molar-refractivity contribution in [3.63, 3.8) is 0 Å². The fraction of sp³-hybridized carbons (Fsp3) is 0.0385. The number of nitriles is 1. The Kier molecular flexibility index (Phi) is 6.45. The first-order valence-corrected chi connectivity index (χ1v) is 10.4. The molecule has 0 N–H and O–H groups in total. The molecule has 4 rings (SSSR count). The van der Waals surface area contributed by atoms with Crippen LogP contribution in [0, 0.1) is 11.3 Å². The number of carbonyl (C=O) groups excluding carboxylic acids is 1. The topological polar surface area (TPSA) is 80.3 Å². The van der Waals surface area contributed by atoms with Crippen LogP contribution in [0.25, 0.3) is 28.2 Å². The fourth-order valence-electron chi connectivity index (χ4n) is 3.36. The summed E-state index contributed by atoms with van der Waals surface area (Å²) in [5.74, 6) is -2.77. The number of alkyl halides is 3. The van der Waals surface area contributed by atoms with Gasteiger partial charge in [0.1, 0.15) is 23.0 Å². The van der Waals surface area contributed by atoms with Crippen molar-refractivity contribution >= 4 is 34.6 Å². The molecule has 1 aromatic heterocycles. The molecule has 0 aliphatic heterocycles. The lowest BCUT2D eigenvalue weighted by Gasteiger charge is -2.14. The van der Waals surface area contributed by atoms with Crippen molar-refractivity contribution in [2.75, 3.05) is 0 Å². The Hall–Kier alpha value is -4.35. The van der Waals surface area contributed by atoms with E-state index in [4.69, 9.17) is 20.8 Å². The molecule has 0 atom stereocenters. The number of hydrogen-bond acceptors (Lipinski definition) is 5. The van der Waals surface area contributed by atoms with Gasteiger partial charge in [-0.25, -0.2) is 4.79 Å². The van der Waals surface area contributed by atoms with Gasteiger partial charge in [-0.2, -0.15) is 18.4 Å². The Labute approximate surface area is 201 Å². The van der Waals surface area contributed by atoms with E-state index in [0.29, 0.717) is 5.56 Å². The minimum absolute atomic E-state index is 0.0514. The van der Waals surface area contributed by atoms with E-state index >= 15 is 0 Å². The lowest BCUT2D eigenvalue weighted by molar-refractivity contribution is -0.152. The van der Waals surface area contributed by atoms with Gasteiger partial charge in [0, 0.05) is 16.7 Å². The van der Waals surface area contributed by atoms with Gasteiger partial charge in [0.2, 0.25) is 11.2 Å². The summed E-state index contributed by atoms with van der Waals surface area (Å²) in [5, 5.41) is 9.09. The maximum atomic E-state index is 13.8. The summed E-state index contributed by atoms with van der Waals surface area (Å²) >= 11 is 6.05. The molecule has 35 heavy (non-hydrogen) atoms. The third-order valence-electron chi connectivity index (χ3n) is 4.93.